The first kappa shape index (κ1) is 16.7. The van der Waals surface area contributed by atoms with Gasteiger partial charge in [-0.15, -0.1) is 0 Å². The molecule has 22 heavy (non-hydrogen) atoms. The number of rotatable bonds is 6. The lowest BCUT2D eigenvalue weighted by Gasteiger charge is -2.15. The van der Waals surface area contributed by atoms with Crippen LogP contribution in [0, 0.1) is 6.92 Å². The highest BCUT2D eigenvalue weighted by molar-refractivity contribution is 7.89. The standard InChI is InChI=1S/C17H22N2O2S/c1-14-8-4-5-9-15(14)12-18-13-16-10-6-7-11-17(16)22(20,21)19(2)3/h4-11,18H,12-13H2,1-3H3. The Morgan fingerprint density at radius 1 is 0.909 bits per heavy atom. The fraction of sp³-hybridized carbons (Fsp3) is 0.294. The molecule has 0 aliphatic carbocycles. The van der Waals surface area contributed by atoms with Crippen molar-refractivity contribution >= 4 is 10.0 Å². The molecule has 0 heterocycles. The minimum absolute atomic E-state index is 0.359. The quantitative estimate of drug-likeness (QED) is 0.890. The molecule has 0 aliphatic heterocycles. The topological polar surface area (TPSA) is 49.4 Å². The van der Waals surface area contributed by atoms with E-state index in [2.05, 4.69) is 24.4 Å². The number of nitrogens with one attached hydrogen (secondary N) is 1. The summed E-state index contributed by atoms with van der Waals surface area (Å²) in [7, 11) is -0.320. The van der Waals surface area contributed by atoms with E-state index in [1.165, 1.54) is 15.4 Å². The number of nitrogens with zero attached hydrogens (tertiary/aromatic N) is 1. The van der Waals surface area contributed by atoms with Gasteiger partial charge in [0.05, 0.1) is 4.90 Å². The second kappa shape index (κ2) is 7.05. The van der Waals surface area contributed by atoms with Crippen LogP contribution in [0.25, 0.3) is 0 Å². The second-order valence-electron chi connectivity index (χ2n) is 5.43. The van der Waals surface area contributed by atoms with Crippen LogP contribution in [0.5, 0.6) is 0 Å². The lowest BCUT2D eigenvalue weighted by Crippen LogP contribution is -2.24. The third-order valence-electron chi connectivity index (χ3n) is 3.62. The Kier molecular flexibility index (Phi) is 5.34. The van der Waals surface area contributed by atoms with Gasteiger partial charge in [-0.05, 0) is 29.7 Å². The normalized spacial score (nSPS) is 11.8. The van der Waals surface area contributed by atoms with Crippen molar-refractivity contribution in [3.63, 3.8) is 0 Å². The van der Waals surface area contributed by atoms with E-state index in [1.54, 1.807) is 26.2 Å². The van der Waals surface area contributed by atoms with Crippen molar-refractivity contribution in [2.45, 2.75) is 24.9 Å². The van der Waals surface area contributed by atoms with Crippen molar-refractivity contribution in [2.24, 2.45) is 0 Å². The van der Waals surface area contributed by atoms with Gasteiger partial charge < -0.3 is 5.32 Å². The van der Waals surface area contributed by atoms with E-state index in [9.17, 15) is 8.42 Å². The van der Waals surface area contributed by atoms with Gasteiger partial charge in [0.15, 0.2) is 0 Å². The number of aryl methyl sites for hydroxylation is 1. The Morgan fingerprint density at radius 2 is 1.45 bits per heavy atom. The molecule has 0 spiro atoms. The van der Waals surface area contributed by atoms with Gasteiger partial charge in [-0.3, -0.25) is 0 Å². The van der Waals surface area contributed by atoms with E-state index < -0.39 is 10.0 Å². The van der Waals surface area contributed by atoms with Crippen LogP contribution in [0.15, 0.2) is 53.4 Å². The first-order valence-corrected chi connectivity index (χ1v) is 8.62. The number of hydrogen-bond donors (Lipinski definition) is 1. The molecule has 0 amide bonds. The van der Waals surface area contributed by atoms with Gasteiger partial charge in [0, 0.05) is 27.2 Å². The monoisotopic (exact) mass is 318 g/mol. The summed E-state index contributed by atoms with van der Waals surface area (Å²) in [4.78, 5) is 0.359. The highest BCUT2D eigenvalue weighted by Gasteiger charge is 2.20. The Bertz CT molecular complexity index is 740. The van der Waals surface area contributed by atoms with Crippen molar-refractivity contribution in [2.75, 3.05) is 14.1 Å². The molecular formula is C17H22N2O2S. The molecule has 5 heteroatoms. The summed E-state index contributed by atoms with van der Waals surface area (Å²) in [6.07, 6.45) is 0. The highest BCUT2D eigenvalue weighted by Crippen LogP contribution is 2.18. The largest absolute Gasteiger partial charge is 0.309 e. The van der Waals surface area contributed by atoms with Crippen LogP contribution in [0.2, 0.25) is 0 Å². The molecule has 0 aromatic heterocycles. The summed E-state index contributed by atoms with van der Waals surface area (Å²) in [6, 6.07) is 15.3. The molecule has 0 radical (unpaired) electrons. The zero-order chi connectivity index (χ0) is 16.2. The zero-order valence-electron chi connectivity index (χ0n) is 13.2. The Morgan fingerprint density at radius 3 is 2.09 bits per heavy atom. The van der Waals surface area contributed by atoms with Crippen molar-refractivity contribution in [3.8, 4) is 0 Å². The molecule has 0 saturated carbocycles. The lowest BCUT2D eigenvalue weighted by atomic mass is 10.1. The van der Waals surface area contributed by atoms with Gasteiger partial charge in [-0.1, -0.05) is 42.5 Å². The predicted octanol–water partition coefficient (Wildman–Crippen LogP) is 2.54. The van der Waals surface area contributed by atoms with E-state index >= 15 is 0 Å². The molecule has 2 aromatic rings. The first-order valence-electron chi connectivity index (χ1n) is 7.18. The molecule has 0 bridgehead atoms. The smallest absolute Gasteiger partial charge is 0.242 e. The highest BCUT2D eigenvalue weighted by atomic mass is 32.2. The van der Waals surface area contributed by atoms with Crippen molar-refractivity contribution in [3.05, 3.63) is 65.2 Å². The summed E-state index contributed by atoms with van der Waals surface area (Å²) in [6.45, 7) is 3.29. The van der Waals surface area contributed by atoms with Crippen molar-refractivity contribution < 1.29 is 8.42 Å². The van der Waals surface area contributed by atoms with Gasteiger partial charge in [-0.25, -0.2) is 12.7 Å². The molecule has 0 saturated heterocycles. The van der Waals surface area contributed by atoms with Crippen LogP contribution >= 0.6 is 0 Å². The van der Waals surface area contributed by atoms with Gasteiger partial charge >= 0.3 is 0 Å². The van der Waals surface area contributed by atoms with Crippen LogP contribution in [0.4, 0.5) is 0 Å². The summed E-state index contributed by atoms with van der Waals surface area (Å²) in [5.74, 6) is 0. The summed E-state index contributed by atoms with van der Waals surface area (Å²) in [5.41, 5.74) is 3.23. The minimum atomic E-state index is -3.42. The van der Waals surface area contributed by atoms with E-state index in [-0.39, 0.29) is 0 Å². The summed E-state index contributed by atoms with van der Waals surface area (Å²) >= 11 is 0. The number of hydrogen-bond acceptors (Lipinski definition) is 3. The average molecular weight is 318 g/mol. The van der Waals surface area contributed by atoms with Crippen LogP contribution in [0.1, 0.15) is 16.7 Å². The van der Waals surface area contributed by atoms with E-state index in [0.29, 0.717) is 18.0 Å². The van der Waals surface area contributed by atoms with Crippen LogP contribution < -0.4 is 5.32 Å². The first-order chi connectivity index (χ1) is 10.4. The minimum Gasteiger partial charge on any atom is -0.309 e. The number of sulfonamides is 1. The van der Waals surface area contributed by atoms with Crippen LogP contribution in [0.3, 0.4) is 0 Å². The Balaban J connectivity index is 2.13. The zero-order valence-corrected chi connectivity index (χ0v) is 14.0. The summed E-state index contributed by atoms with van der Waals surface area (Å²) in [5, 5.41) is 3.33. The van der Waals surface area contributed by atoms with Gasteiger partial charge in [0.25, 0.3) is 0 Å². The fourth-order valence-electron chi connectivity index (χ4n) is 2.24. The third kappa shape index (κ3) is 3.74. The fourth-order valence-corrected chi connectivity index (χ4v) is 3.35. The molecule has 4 nitrogen and oxygen atoms in total. The maximum absolute atomic E-state index is 12.3. The molecule has 0 unspecified atom stereocenters. The van der Waals surface area contributed by atoms with E-state index in [1.807, 2.05) is 24.3 Å². The Labute approximate surface area is 132 Å². The van der Waals surface area contributed by atoms with E-state index in [4.69, 9.17) is 0 Å². The van der Waals surface area contributed by atoms with Gasteiger partial charge in [0.2, 0.25) is 10.0 Å². The maximum Gasteiger partial charge on any atom is 0.242 e. The molecule has 2 aromatic carbocycles. The molecule has 0 atom stereocenters. The third-order valence-corrected chi connectivity index (χ3v) is 5.54. The van der Waals surface area contributed by atoms with Crippen molar-refractivity contribution in [1.29, 1.82) is 0 Å². The van der Waals surface area contributed by atoms with E-state index in [0.717, 1.165) is 5.56 Å². The predicted molar refractivity (Wildman–Crippen MR) is 89.0 cm³/mol. The second-order valence-corrected chi connectivity index (χ2v) is 7.55. The maximum atomic E-state index is 12.3. The molecule has 118 valence electrons. The van der Waals surface area contributed by atoms with Crippen LogP contribution in [-0.4, -0.2) is 26.8 Å². The molecule has 2 rings (SSSR count). The molecular weight excluding hydrogens is 296 g/mol. The van der Waals surface area contributed by atoms with Gasteiger partial charge in [-0.2, -0.15) is 0 Å². The van der Waals surface area contributed by atoms with Crippen molar-refractivity contribution in [1.82, 2.24) is 9.62 Å². The average Bonchev–Trinajstić information content (AvgIpc) is 2.49. The van der Waals surface area contributed by atoms with Crippen LogP contribution in [-0.2, 0) is 23.1 Å². The molecule has 1 N–H and O–H groups in total. The molecule has 0 aliphatic rings. The Hall–Kier alpha value is -1.69. The van der Waals surface area contributed by atoms with Gasteiger partial charge in [0.1, 0.15) is 0 Å². The number of benzene rings is 2. The molecule has 0 fully saturated rings. The summed E-state index contributed by atoms with van der Waals surface area (Å²) < 4.78 is 25.9. The lowest BCUT2D eigenvalue weighted by molar-refractivity contribution is 0.518. The SMILES string of the molecule is Cc1ccccc1CNCc1ccccc1S(=O)(=O)N(C)C.